The highest BCUT2D eigenvalue weighted by Gasteiger charge is 2.21. The predicted octanol–water partition coefficient (Wildman–Crippen LogP) is -0.675. The van der Waals surface area contributed by atoms with Gasteiger partial charge in [0.15, 0.2) is 0 Å². The lowest BCUT2D eigenvalue weighted by atomic mass is 10.4. The Morgan fingerprint density at radius 3 is 2.79 bits per heavy atom. The molecule has 0 saturated heterocycles. The normalized spacial score (nSPS) is 21.5. The molecule has 0 aromatic heterocycles. The topological polar surface area (TPSA) is 79.5 Å². The zero-order chi connectivity index (χ0) is 10.6. The smallest absolute Gasteiger partial charge is 0.206 e. The summed E-state index contributed by atoms with van der Waals surface area (Å²) in [4.78, 5) is 4.32. The van der Waals surface area contributed by atoms with E-state index in [-0.39, 0.29) is 6.04 Å². The van der Waals surface area contributed by atoms with Crippen molar-refractivity contribution in [1.29, 1.82) is 0 Å². The van der Waals surface area contributed by atoms with Gasteiger partial charge in [-0.05, 0) is 19.8 Å². The van der Waals surface area contributed by atoms with Gasteiger partial charge in [0.05, 0.1) is 6.04 Å². The zero-order valence-electron chi connectivity index (χ0n) is 8.62. The molecule has 1 aliphatic carbocycles. The molecule has 0 bridgehead atoms. The molecular formula is C8H18N4OS. The molecule has 0 heterocycles. The van der Waals surface area contributed by atoms with Crippen LogP contribution in [-0.2, 0) is 10.8 Å². The van der Waals surface area contributed by atoms with Gasteiger partial charge in [-0.3, -0.25) is 9.63 Å². The molecule has 0 radical (unpaired) electrons. The lowest BCUT2D eigenvalue weighted by Crippen LogP contribution is -2.47. The largest absolute Gasteiger partial charge is 0.352 e. The van der Waals surface area contributed by atoms with E-state index in [4.69, 9.17) is 5.84 Å². The highest BCUT2D eigenvalue weighted by molar-refractivity contribution is 7.84. The number of aliphatic imine (C=N–C) groups is 1. The molecule has 6 heteroatoms. The number of hydrogen-bond donors (Lipinski definition) is 3. The van der Waals surface area contributed by atoms with Gasteiger partial charge in [0.1, 0.15) is 0 Å². The van der Waals surface area contributed by atoms with Crippen LogP contribution in [0, 0.1) is 0 Å². The van der Waals surface area contributed by atoms with E-state index in [1.165, 1.54) is 0 Å². The fourth-order valence-corrected chi connectivity index (χ4v) is 1.92. The number of hydrogen-bond acceptors (Lipinski definition) is 3. The molecule has 2 atom stereocenters. The van der Waals surface area contributed by atoms with Gasteiger partial charge < -0.3 is 5.32 Å². The molecule has 0 aromatic rings. The second kappa shape index (κ2) is 5.31. The molecule has 1 fully saturated rings. The van der Waals surface area contributed by atoms with Crippen LogP contribution in [0.25, 0.3) is 0 Å². The maximum absolute atomic E-state index is 10.9. The van der Waals surface area contributed by atoms with E-state index in [0.29, 0.717) is 17.8 Å². The molecular weight excluding hydrogens is 200 g/mol. The van der Waals surface area contributed by atoms with Crippen molar-refractivity contribution in [2.24, 2.45) is 10.8 Å². The lowest BCUT2D eigenvalue weighted by Gasteiger charge is -2.15. The number of guanidine groups is 1. The van der Waals surface area contributed by atoms with Crippen LogP contribution in [0.5, 0.6) is 0 Å². The Hall–Kier alpha value is -0.620. The molecule has 82 valence electrons. The van der Waals surface area contributed by atoms with Crippen LogP contribution in [-0.4, -0.2) is 34.3 Å². The highest BCUT2D eigenvalue weighted by Crippen LogP contribution is 2.23. The molecule has 0 spiro atoms. The predicted molar refractivity (Wildman–Crippen MR) is 59.3 cm³/mol. The van der Waals surface area contributed by atoms with Gasteiger partial charge in [-0.2, -0.15) is 0 Å². The molecule has 4 N–H and O–H groups in total. The fraction of sp³-hybridized carbons (Fsp3) is 0.875. The fourth-order valence-electron chi connectivity index (χ4n) is 1.13. The van der Waals surface area contributed by atoms with Crippen LogP contribution in [0.4, 0.5) is 0 Å². The van der Waals surface area contributed by atoms with Crippen molar-refractivity contribution in [3.63, 3.8) is 0 Å². The summed E-state index contributed by atoms with van der Waals surface area (Å²) in [6.45, 7) is 1.96. The van der Waals surface area contributed by atoms with E-state index in [0.717, 1.165) is 12.8 Å². The van der Waals surface area contributed by atoms with E-state index >= 15 is 0 Å². The SMILES string of the molecule is CC(CS(C)=O)NC(=NC1CC1)NN. The van der Waals surface area contributed by atoms with E-state index in [1.54, 1.807) is 6.26 Å². The lowest BCUT2D eigenvalue weighted by molar-refractivity contribution is 0.665. The Balaban J connectivity index is 2.34. The first-order valence-electron chi connectivity index (χ1n) is 4.72. The number of nitrogens with zero attached hydrogens (tertiary/aromatic N) is 1. The number of rotatable bonds is 4. The minimum Gasteiger partial charge on any atom is -0.352 e. The molecule has 1 saturated carbocycles. The van der Waals surface area contributed by atoms with E-state index < -0.39 is 10.8 Å². The second-order valence-electron chi connectivity index (χ2n) is 3.64. The van der Waals surface area contributed by atoms with E-state index in [2.05, 4.69) is 15.7 Å². The molecule has 5 nitrogen and oxygen atoms in total. The average molecular weight is 218 g/mol. The number of hydrazine groups is 1. The number of nitrogens with two attached hydrogens (primary N) is 1. The summed E-state index contributed by atoms with van der Waals surface area (Å²) in [5.41, 5.74) is 2.52. The molecule has 14 heavy (non-hydrogen) atoms. The second-order valence-corrected chi connectivity index (χ2v) is 5.12. The van der Waals surface area contributed by atoms with Crippen molar-refractivity contribution >= 4 is 16.8 Å². The number of nitrogens with one attached hydrogen (secondary N) is 2. The summed E-state index contributed by atoms with van der Waals surface area (Å²) in [7, 11) is -0.797. The molecule has 1 rings (SSSR count). The zero-order valence-corrected chi connectivity index (χ0v) is 9.43. The summed E-state index contributed by atoms with van der Waals surface area (Å²) in [5.74, 6) is 6.51. The summed E-state index contributed by atoms with van der Waals surface area (Å²) in [5, 5.41) is 3.09. The summed E-state index contributed by atoms with van der Waals surface area (Å²) in [6.07, 6.45) is 3.97. The monoisotopic (exact) mass is 218 g/mol. The van der Waals surface area contributed by atoms with Gasteiger partial charge in [0.2, 0.25) is 5.96 Å². The first-order chi connectivity index (χ1) is 6.61. The minimum absolute atomic E-state index is 0.120. The molecule has 0 aliphatic heterocycles. The van der Waals surface area contributed by atoms with Crippen molar-refractivity contribution < 1.29 is 4.21 Å². The Kier molecular flexibility index (Phi) is 4.34. The first-order valence-corrected chi connectivity index (χ1v) is 6.45. The van der Waals surface area contributed by atoms with Crippen LogP contribution in [0.2, 0.25) is 0 Å². The van der Waals surface area contributed by atoms with Crippen molar-refractivity contribution in [2.45, 2.75) is 31.8 Å². The van der Waals surface area contributed by atoms with Gasteiger partial charge in [0, 0.05) is 28.9 Å². The Labute approximate surface area is 87.0 Å². The van der Waals surface area contributed by atoms with Crippen molar-refractivity contribution in [2.75, 3.05) is 12.0 Å². The third-order valence-electron chi connectivity index (χ3n) is 1.86. The molecule has 0 amide bonds. The van der Waals surface area contributed by atoms with Crippen LogP contribution in [0.3, 0.4) is 0 Å². The maximum Gasteiger partial charge on any atom is 0.206 e. The van der Waals surface area contributed by atoms with Gasteiger partial charge in [-0.1, -0.05) is 0 Å². The highest BCUT2D eigenvalue weighted by atomic mass is 32.2. The van der Waals surface area contributed by atoms with Gasteiger partial charge in [-0.15, -0.1) is 0 Å². The third kappa shape index (κ3) is 4.57. The quantitative estimate of drug-likeness (QED) is 0.253. The van der Waals surface area contributed by atoms with Crippen LogP contribution < -0.4 is 16.6 Å². The first kappa shape index (κ1) is 11.5. The summed E-state index contributed by atoms with van der Waals surface area (Å²) < 4.78 is 10.9. The standard InChI is InChI=1S/C8H18N4OS/c1-6(5-14(2)13)10-8(12-9)11-7-3-4-7/h6-7H,3-5,9H2,1-2H3,(H2,10,11,12). The van der Waals surface area contributed by atoms with E-state index in [9.17, 15) is 4.21 Å². The minimum atomic E-state index is -0.797. The third-order valence-corrected chi connectivity index (χ3v) is 2.83. The summed E-state index contributed by atoms with van der Waals surface area (Å²) in [6, 6.07) is 0.544. The molecule has 1 aliphatic rings. The van der Waals surface area contributed by atoms with Crippen LogP contribution in [0.15, 0.2) is 4.99 Å². The maximum atomic E-state index is 10.9. The molecule has 2 unspecified atom stereocenters. The Morgan fingerprint density at radius 1 is 1.71 bits per heavy atom. The molecule has 0 aromatic carbocycles. The van der Waals surface area contributed by atoms with Gasteiger partial charge in [-0.25, -0.2) is 10.8 Å². The Bertz CT molecular complexity index is 239. The van der Waals surface area contributed by atoms with Crippen molar-refractivity contribution in [1.82, 2.24) is 10.7 Å². The van der Waals surface area contributed by atoms with E-state index in [1.807, 2.05) is 6.92 Å². The summed E-state index contributed by atoms with van der Waals surface area (Å²) >= 11 is 0. The van der Waals surface area contributed by atoms with Crippen molar-refractivity contribution in [3.8, 4) is 0 Å². The van der Waals surface area contributed by atoms with Crippen molar-refractivity contribution in [3.05, 3.63) is 0 Å². The van der Waals surface area contributed by atoms with Crippen LogP contribution >= 0.6 is 0 Å². The average Bonchev–Trinajstić information content (AvgIpc) is 2.85. The Morgan fingerprint density at radius 2 is 2.36 bits per heavy atom. The van der Waals surface area contributed by atoms with Gasteiger partial charge >= 0.3 is 0 Å². The van der Waals surface area contributed by atoms with Gasteiger partial charge in [0.25, 0.3) is 0 Å². The van der Waals surface area contributed by atoms with Crippen LogP contribution in [0.1, 0.15) is 19.8 Å².